The molecule has 2 aromatic carbocycles. The smallest absolute Gasteiger partial charge is 0.140 e. The van der Waals surface area contributed by atoms with Crippen molar-refractivity contribution in [2.24, 2.45) is 0 Å². The minimum Gasteiger partial charge on any atom is -0.378 e. The summed E-state index contributed by atoms with van der Waals surface area (Å²) in [4.78, 5) is 2.02. The van der Waals surface area contributed by atoms with E-state index in [0.29, 0.717) is 0 Å². The first kappa shape index (κ1) is 13.2. The van der Waals surface area contributed by atoms with Gasteiger partial charge in [-0.25, -0.2) is 0 Å². The monoisotopic (exact) mass is 251 g/mol. The summed E-state index contributed by atoms with van der Waals surface area (Å²) in [5.41, 5.74) is 2.83. The van der Waals surface area contributed by atoms with Crippen molar-refractivity contribution < 1.29 is 5.11 Å². The van der Waals surface area contributed by atoms with E-state index in [4.69, 9.17) is 0 Å². The lowest BCUT2D eigenvalue weighted by Gasteiger charge is -2.13. The standard InChI is InChI=1S/C17H17NO/c1-18(2)16-11-9-15(10-12-16)17(19)13-8-14-6-4-3-5-7-14/h3-7,9-12,17,19H,1-2H3. The molecular formula is C17H17NO. The molecule has 2 rings (SSSR count). The first-order valence-corrected chi connectivity index (χ1v) is 6.19. The fourth-order valence-electron chi connectivity index (χ4n) is 1.71. The Bertz CT molecular complexity index is 576. The van der Waals surface area contributed by atoms with E-state index in [1.807, 2.05) is 73.6 Å². The van der Waals surface area contributed by atoms with Crippen molar-refractivity contribution in [3.8, 4) is 11.8 Å². The van der Waals surface area contributed by atoms with Crippen molar-refractivity contribution >= 4 is 5.69 Å². The van der Waals surface area contributed by atoms with Gasteiger partial charge in [0.2, 0.25) is 0 Å². The van der Waals surface area contributed by atoms with Crippen molar-refractivity contribution in [1.82, 2.24) is 0 Å². The summed E-state index contributed by atoms with van der Waals surface area (Å²) in [5.74, 6) is 5.83. The Kier molecular flexibility index (Phi) is 4.22. The molecule has 0 radical (unpaired) electrons. The quantitative estimate of drug-likeness (QED) is 0.830. The Morgan fingerprint density at radius 1 is 0.947 bits per heavy atom. The topological polar surface area (TPSA) is 23.5 Å². The maximum atomic E-state index is 10.0. The zero-order valence-corrected chi connectivity index (χ0v) is 11.2. The largest absolute Gasteiger partial charge is 0.378 e. The third kappa shape index (κ3) is 3.61. The van der Waals surface area contributed by atoms with Crippen LogP contribution in [0.5, 0.6) is 0 Å². The molecule has 19 heavy (non-hydrogen) atoms. The Labute approximate surface area is 114 Å². The molecule has 2 nitrogen and oxygen atoms in total. The molecule has 0 saturated heterocycles. The third-order valence-corrected chi connectivity index (χ3v) is 2.85. The molecule has 0 aliphatic carbocycles. The number of nitrogens with zero attached hydrogens (tertiary/aromatic N) is 1. The number of hydrogen-bond acceptors (Lipinski definition) is 2. The van der Waals surface area contributed by atoms with Gasteiger partial charge in [0.25, 0.3) is 0 Å². The van der Waals surface area contributed by atoms with Gasteiger partial charge in [0.05, 0.1) is 0 Å². The van der Waals surface area contributed by atoms with Crippen LogP contribution in [0.3, 0.4) is 0 Å². The van der Waals surface area contributed by atoms with Crippen molar-refractivity contribution in [1.29, 1.82) is 0 Å². The first-order valence-electron chi connectivity index (χ1n) is 6.19. The Hall–Kier alpha value is -2.24. The molecule has 0 fully saturated rings. The molecule has 0 bridgehead atoms. The molecule has 0 aromatic heterocycles. The van der Waals surface area contributed by atoms with E-state index in [1.54, 1.807) is 0 Å². The number of benzene rings is 2. The van der Waals surface area contributed by atoms with E-state index < -0.39 is 6.10 Å². The normalized spacial score (nSPS) is 11.3. The average molecular weight is 251 g/mol. The van der Waals surface area contributed by atoms with Crippen LogP contribution in [0.2, 0.25) is 0 Å². The number of hydrogen-bond donors (Lipinski definition) is 1. The molecule has 0 saturated carbocycles. The number of aliphatic hydroxyl groups excluding tert-OH is 1. The van der Waals surface area contributed by atoms with Crippen LogP contribution in [0.15, 0.2) is 54.6 Å². The summed E-state index contributed by atoms with van der Waals surface area (Å²) in [6.07, 6.45) is -0.753. The summed E-state index contributed by atoms with van der Waals surface area (Å²) in [6.45, 7) is 0. The second kappa shape index (κ2) is 6.08. The molecule has 96 valence electrons. The maximum absolute atomic E-state index is 10.0. The van der Waals surface area contributed by atoms with Crippen LogP contribution in [0.4, 0.5) is 5.69 Å². The summed E-state index contributed by atoms with van der Waals surface area (Å²) in [5, 5.41) is 10.0. The highest BCUT2D eigenvalue weighted by atomic mass is 16.3. The predicted molar refractivity (Wildman–Crippen MR) is 79.0 cm³/mol. The molecule has 2 heteroatoms. The van der Waals surface area contributed by atoms with Gasteiger partial charge < -0.3 is 10.0 Å². The van der Waals surface area contributed by atoms with E-state index in [9.17, 15) is 5.11 Å². The van der Waals surface area contributed by atoms with E-state index in [1.165, 1.54) is 0 Å². The van der Waals surface area contributed by atoms with E-state index in [0.717, 1.165) is 16.8 Å². The molecule has 1 N–H and O–H groups in total. The summed E-state index contributed by atoms with van der Waals surface area (Å²) < 4.78 is 0. The van der Waals surface area contributed by atoms with Gasteiger partial charge in [0.1, 0.15) is 6.10 Å². The van der Waals surface area contributed by atoms with Crippen LogP contribution in [-0.2, 0) is 0 Å². The first-order chi connectivity index (χ1) is 9.16. The van der Waals surface area contributed by atoms with Crippen LogP contribution < -0.4 is 4.90 Å². The van der Waals surface area contributed by atoms with Crippen LogP contribution in [0, 0.1) is 11.8 Å². The van der Waals surface area contributed by atoms with Gasteiger partial charge in [0, 0.05) is 25.3 Å². The van der Waals surface area contributed by atoms with Gasteiger partial charge in [-0.2, -0.15) is 0 Å². The van der Waals surface area contributed by atoms with Crippen LogP contribution in [0.1, 0.15) is 17.2 Å². The second-order valence-corrected chi connectivity index (χ2v) is 4.52. The van der Waals surface area contributed by atoms with Crippen molar-refractivity contribution in [2.75, 3.05) is 19.0 Å². The lowest BCUT2D eigenvalue weighted by atomic mass is 10.1. The van der Waals surface area contributed by atoms with Crippen LogP contribution >= 0.6 is 0 Å². The second-order valence-electron chi connectivity index (χ2n) is 4.52. The van der Waals surface area contributed by atoms with Crippen molar-refractivity contribution in [2.45, 2.75) is 6.10 Å². The number of rotatable bonds is 2. The molecule has 0 spiro atoms. The molecule has 0 heterocycles. The summed E-state index contributed by atoms with van der Waals surface area (Å²) in [7, 11) is 3.97. The summed E-state index contributed by atoms with van der Waals surface area (Å²) in [6, 6.07) is 17.4. The lowest BCUT2D eigenvalue weighted by Crippen LogP contribution is -2.08. The number of aliphatic hydroxyl groups is 1. The molecule has 0 aliphatic heterocycles. The molecule has 2 aromatic rings. The molecule has 0 aliphatic rings. The van der Waals surface area contributed by atoms with E-state index >= 15 is 0 Å². The average Bonchev–Trinajstić information content (AvgIpc) is 2.46. The summed E-state index contributed by atoms with van der Waals surface area (Å²) >= 11 is 0. The number of anilines is 1. The zero-order chi connectivity index (χ0) is 13.7. The highest BCUT2D eigenvalue weighted by Gasteiger charge is 2.03. The fraction of sp³-hybridized carbons (Fsp3) is 0.176. The van der Waals surface area contributed by atoms with Gasteiger partial charge in [0.15, 0.2) is 0 Å². The molecule has 1 unspecified atom stereocenters. The predicted octanol–water partition coefficient (Wildman–Crippen LogP) is 2.84. The zero-order valence-electron chi connectivity index (χ0n) is 11.2. The van der Waals surface area contributed by atoms with Crippen molar-refractivity contribution in [3.63, 3.8) is 0 Å². The van der Waals surface area contributed by atoms with Gasteiger partial charge >= 0.3 is 0 Å². The van der Waals surface area contributed by atoms with Gasteiger partial charge in [-0.1, -0.05) is 42.2 Å². The third-order valence-electron chi connectivity index (χ3n) is 2.85. The van der Waals surface area contributed by atoms with Gasteiger partial charge in [-0.3, -0.25) is 0 Å². The Morgan fingerprint density at radius 3 is 2.16 bits per heavy atom. The molecule has 0 amide bonds. The molecular weight excluding hydrogens is 234 g/mol. The van der Waals surface area contributed by atoms with Crippen LogP contribution in [-0.4, -0.2) is 19.2 Å². The fourth-order valence-corrected chi connectivity index (χ4v) is 1.71. The van der Waals surface area contributed by atoms with Gasteiger partial charge in [-0.05, 0) is 29.8 Å². The van der Waals surface area contributed by atoms with Gasteiger partial charge in [-0.15, -0.1) is 0 Å². The SMILES string of the molecule is CN(C)c1ccc(C(O)C#Cc2ccccc2)cc1. The van der Waals surface area contributed by atoms with E-state index in [-0.39, 0.29) is 0 Å². The minimum absolute atomic E-state index is 0.753. The maximum Gasteiger partial charge on any atom is 0.140 e. The minimum atomic E-state index is -0.753. The highest BCUT2D eigenvalue weighted by molar-refractivity contribution is 5.47. The Morgan fingerprint density at radius 2 is 1.58 bits per heavy atom. The Balaban J connectivity index is 2.12. The lowest BCUT2D eigenvalue weighted by molar-refractivity contribution is 0.238. The van der Waals surface area contributed by atoms with Crippen molar-refractivity contribution in [3.05, 3.63) is 65.7 Å². The van der Waals surface area contributed by atoms with E-state index in [2.05, 4.69) is 11.8 Å². The van der Waals surface area contributed by atoms with Crippen LogP contribution in [0.25, 0.3) is 0 Å². The highest BCUT2D eigenvalue weighted by Crippen LogP contribution is 2.17. The molecule has 1 atom stereocenters.